The summed E-state index contributed by atoms with van der Waals surface area (Å²) in [5.41, 5.74) is 0.0153. The summed E-state index contributed by atoms with van der Waals surface area (Å²) in [6, 6.07) is 3.89. The molecule has 0 atom stereocenters. The van der Waals surface area contributed by atoms with Gasteiger partial charge in [0.05, 0.1) is 10.5 Å². The number of carbonyl (C=O) groups excluding carboxylic acids is 2. The molecule has 0 saturated heterocycles. The number of nitrogens with zero attached hydrogens (tertiary/aromatic N) is 2. The van der Waals surface area contributed by atoms with Crippen LogP contribution in [0.4, 0.5) is 11.4 Å². The number of amides is 1. The number of carbonyl (C=O) groups is 2. The third-order valence-corrected chi connectivity index (χ3v) is 3.08. The van der Waals surface area contributed by atoms with Gasteiger partial charge in [-0.15, -0.1) is 13.2 Å². The zero-order chi connectivity index (χ0) is 18.1. The molecule has 8 nitrogen and oxygen atoms in total. The van der Waals surface area contributed by atoms with E-state index in [1.165, 1.54) is 24.1 Å². The van der Waals surface area contributed by atoms with E-state index in [0.717, 1.165) is 6.07 Å². The Bertz CT molecular complexity index is 647. The highest BCUT2D eigenvalue weighted by Gasteiger charge is 2.19. The smallest absolute Gasteiger partial charge is 0.338 e. The molecule has 0 heterocycles. The maximum absolute atomic E-state index is 12.0. The van der Waals surface area contributed by atoms with Gasteiger partial charge in [-0.1, -0.05) is 12.2 Å². The topological polar surface area (TPSA) is 102 Å². The molecule has 0 aromatic heterocycles. The number of nitro groups is 1. The van der Waals surface area contributed by atoms with Crippen LogP contribution in [0, 0.1) is 10.1 Å². The second-order valence-electron chi connectivity index (χ2n) is 4.69. The minimum Gasteiger partial charge on any atom is -0.452 e. The molecular formula is C16H19N3O5. The van der Waals surface area contributed by atoms with Gasteiger partial charge in [-0.2, -0.15) is 0 Å². The molecule has 0 spiro atoms. The van der Waals surface area contributed by atoms with Crippen molar-refractivity contribution in [1.82, 2.24) is 4.90 Å². The van der Waals surface area contributed by atoms with Crippen molar-refractivity contribution in [3.05, 3.63) is 59.2 Å². The van der Waals surface area contributed by atoms with Crippen molar-refractivity contribution >= 4 is 23.3 Å². The molecule has 128 valence electrons. The fraction of sp³-hybridized carbons (Fsp3) is 0.250. The quantitative estimate of drug-likeness (QED) is 0.321. The van der Waals surface area contributed by atoms with Gasteiger partial charge in [-0.3, -0.25) is 14.9 Å². The maximum Gasteiger partial charge on any atom is 0.338 e. The summed E-state index contributed by atoms with van der Waals surface area (Å²) < 4.78 is 4.93. The Morgan fingerprint density at radius 3 is 2.46 bits per heavy atom. The van der Waals surface area contributed by atoms with Crippen molar-refractivity contribution in [1.29, 1.82) is 0 Å². The highest BCUT2D eigenvalue weighted by atomic mass is 16.6. The van der Waals surface area contributed by atoms with Crippen LogP contribution in [-0.2, 0) is 9.53 Å². The molecule has 1 N–H and O–H groups in total. The Morgan fingerprint density at radius 1 is 1.33 bits per heavy atom. The average Bonchev–Trinajstić information content (AvgIpc) is 2.58. The van der Waals surface area contributed by atoms with Crippen LogP contribution in [0.5, 0.6) is 0 Å². The minimum atomic E-state index is -0.814. The Kier molecular flexibility index (Phi) is 7.15. The van der Waals surface area contributed by atoms with E-state index in [1.54, 1.807) is 12.2 Å². The summed E-state index contributed by atoms with van der Waals surface area (Å²) in [7, 11) is 1.53. The SMILES string of the molecule is C=CCN(CC=C)C(=O)COC(=O)c1ccc(NC)c([N+](=O)[O-])c1. The van der Waals surface area contributed by atoms with Crippen LogP contribution in [0.15, 0.2) is 43.5 Å². The molecule has 1 amide bonds. The summed E-state index contributed by atoms with van der Waals surface area (Å²) in [5, 5.41) is 13.7. The fourth-order valence-corrected chi connectivity index (χ4v) is 1.91. The van der Waals surface area contributed by atoms with Gasteiger partial charge in [0.2, 0.25) is 0 Å². The zero-order valence-electron chi connectivity index (χ0n) is 13.4. The maximum atomic E-state index is 12.0. The van der Waals surface area contributed by atoms with Crippen LogP contribution in [-0.4, -0.2) is 48.4 Å². The van der Waals surface area contributed by atoms with E-state index in [4.69, 9.17) is 4.74 Å². The van der Waals surface area contributed by atoms with Gasteiger partial charge in [0, 0.05) is 26.2 Å². The monoisotopic (exact) mass is 333 g/mol. The predicted octanol–water partition coefficient (Wildman–Crippen LogP) is 1.99. The number of nitrogens with one attached hydrogen (secondary N) is 1. The average molecular weight is 333 g/mol. The van der Waals surface area contributed by atoms with Gasteiger partial charge in [0.25, 0.3) is 11.6 Å². The van der Waals surface area contributed by atoms with Crippen LogP contribution in [0.2, 0.25) is 0 Å². The number of ether oxygens (including phenoxy) is 1. The van der Waals surface area contributed by atoms with E-state index in [2.05, 4.69) is 18.5 Å². The van der Waals surface area contributed by atoms with Crippen LogP contribution < -0.4 is 5.32 Å². The standard InChI is InChI=1S/C16H19N3O5/c1-4-8-18(9-5-2)15(20)11-24-16(21)12-6-7-13(17-3)14(10-12)19(22)23/h4-7,10,17H,1-2,8-9,11H2,3H3. The lowest BCUT2D eigenvalue weighted by atomic mass is 10.1. The molecule has 0 fully saturated rings. The first-order valence-electron chi connectivity index (χ1n) is 7.07. The second kappa shape index (κ2) is 9.09. The molecule has 8 heteroatoms. The highest BCUT2D eigenvalue weighted by Crippen LogP contribution is 2.25. The van der Waals surface area contributed by atoms with Crippen molar-refractivity contribution in [2.45, 2.75) is 0 Å². The zero-order valence-corrected chi connectivity index (χ0v) is 13.4. The van der Waals surface area contributed by atoms with Gasteiger partial charge in [-0.25, -0.2) is 4.79 Å². The van der Waals surface area contributed by atoms with Gasteiger partial charge in [0.15, 0.2) is 6.61 Å². The van der Waals surface area contributed by atoms with E-state index in [0.29, 0.717) is 13.1 Å². The Morgan fingerprint density at radius 2 is 1.96 bits per heavy atom. The Hall–Kier alpha value is -3.16. The molecule has 0 bridgehead atoms. The van der Waals surface area contributed by atoms with Crippen LogP contribution in [0.25, 0.3) is 0 Å². The molecule has 0 radical (unpaired) electrons. The highest BCUT2D eigenvalue weighted by molar-refractivity contribution is 5.93. The van der Waals surface area contributed by atoms with Crippen LogP contribution in [0.1, 0.15) is 10.4 Å². The molecule has 0 unspecified atom stereocenters. The predicted molar refractivity (Wildman–Crippen MR) is 89.9 cm³/mol. The third kappa shape index (κ3) is 4.94. The van der Waals surface area contributed by atoms with Gasteiger partial charge < -0.3 is 15.0 Å². The van der Waals surface area contributed by atoms with E-state index < -0.39 is 23.4 Å². The van der Waals surface area contributed by atoms with E-state index >= 15 is 0 Å². The first kappa shape index (κ1) is 18.9. The molecule has 0 aliphatic rings. The number of hydrogen-bond donors (Lipinski definition) is 1. The lowest BCUT2D eigenvalue weighted by Gasteiger charge is -2.18. The van der Waals surface area contributed by atoms with E-state index in [-0.39, 0.29) is 16.9 Å². The number of esters is 1. The van der Waals surface area contributed by atoms with Crippen molar-refractivity contribution in [3.63, 3.8) is 0 Å². The van der Waals surface area contributed by atoms with E-state index in [1.807, 2.05) is 0 Å². The van der Waals surface area contributed by atoms with Gasteiger partial charge in [-0.05, 0) is 12.1 Å². The van der Waals surface area contributed by atoms with Gasteiger partial charge >= 0.3 is 5.97 Å². The van der Waals surface area contributed by atoms with Crippen molar-refractivity contribution in [2.24, 2.45) is 0 Å². The van der Waals surface area contributed by atoms with Gasteiger partial charge in [0.1, 0.15) is 5.69 Å². The number of hydrogen-bond acceptors (Lipinski definition) is 6. The first-order chi connectivity index (χ1) is 11.4. The molecule has 0 saturated carbocycles. The Labute approximate surface area is 139 Å². The summed E-state index contributed by atoms with van der Waals surface area (Å²) in [4.78, 5) is 35.7. The molecule has 24 heavy (non-hydrogen) atoms. The fourth-order valence-electron chi connectivity index (χ4n) is 1.91. The van der Waals surface area contributed by atoms with Crippen molar-refractivity contribution < 1.29 is 19.2 Å². The first-order valence-corrected chi connectivity index (χ1v) is 7.07. The number of rotatable bonds is 9. The Balaban J connectivity index is 2.79. The van der Waals surface area contributed by atoms with Crippen LogP contribution in [0.3, 0.4) is 0 Å². The van der Waals surface area contributed by atoms with Crippen molar-refractivity contribution in [2.75, 3.05) is 32.1 Å². The van der Waals surface area contributed by atoms with Crippen LogP contribution >= 0.6 is 0 Å². The minimum absolute atomic E-state index is 0.00695. The summed E-state index contributed by atoms with van der Waals surface area (Å²) >= 11 is 0. The molecule has 0 aliphatic heterocycles. The van der Waals surface area contributed by atoms with Crippen molar-refractivity contribution in [3.8, 4) is 0 Å². The van der Waals surface area contributed by atoms with E-state index in [9.17, 15) is 19.7 Å². The normalized spacial score (nSPS) is 9.71. The summed E-state index contributed by atoms with van der Waals surface area (Å²) in [6.45, 7) is 7.21. The third-order valence-electron chi connectivity index (χ3n) is 3.08. The molecular weight excluding hydrogens is 314 g/mol. The molecule has 1 rings (SSSR count). The second-order valence-corrected chi connectivity index (χ2v) is 4.69. The molecule has 1 aromatic rings. The lowest BCUT2D eigenvalue weighted by Crippen LogP contribution is -2.35. The largest absolute Gasteiger partial charge is 0.452 e. The summed E-state index contributed by atoms with van der Waals surface area (Å²) in [6.07, 6.45) is 3.09. The molecule has 1 aromatic carbocycles. The lowest BCUT2D eigenvalue weighted by molar-refractivity contribution is -0.384. The number of anilines is 1. The molecule has 0 aliphatic carbocycles. The summed E-state index contributed by atoms with van der Waals surface area (Å²) in [5.74, 6) is -1.23. The number of nitro benzene ring substituents is 1. The number of benzene rings is 1.